The zero-order valence-corrected chi connectivity index (χ0v) is 10.7. The number of carboxylic acids is 1. The van der Waals surface area contributed by atoms with Crippen LogP contribution in [0.25, 0.3) is 0 Å². The van der Waals surface area contributed by atoms with Crippen molar-refractivity contribution in [2.24, 2.45) is 11.8 Å². The molecular formula is C13H22N2O3. The molecule has 2 atom stereocenters. The zero-order valence-electron chi connectivity index (χ0n) is 10.7. The number of nitrogens with one attached hydrogen (secondary N) is 2. The summed E-state index contributed by atoms with van der Waals surface area (Å²) in [6, 6.07) is -0.125. The number of carboxylic acid groups (broad SMARTS) is 1. The van der Waals surface area contributed by atoms with Crippen molar-refractivity contribution in [3.05, 3.63) is 0 Å². The van der Waals surface area contributed by atoms with E-state index < -0.39 is 5.97 Å². The third kappa shape index (κ3) is 3.62. The van der Waals surface area contributed by atoms with Crippen LogP contribution >= 0.6 is 0 Å². The lowest BCUT2D eigenvalue weighted by molar-refractivity contribution is -0.141. The van der Waals surface area contributed by atoms with E-state index in [0.29, 0.717) is 12.8 Å². The number of urea groups is 1. The van der Waals surface area contributed by atoms with E-state index in [-0.39, 0.29) is 18.0 Å². The Labute approximate surface area is 107 Å². The molecule has 0 radical (unpaired) electrons. The van der Waals surface area contributed by atoms with Crippen LogP contribution in [-0.4, -0.2) is 29.7 Å². The summed E-state index contributed by atoms with van der Waals surface area (Å²) < 4.78 is 0. The van der Waals surface area contributed by atoms with E-state index in [1.165, 1.54) is 19.3 Å². The number of rotatable bonds is 5. The van der Waals surface area contributed by atoms with Crippen molar-refractivity contribution in [3.8, 4) is 0 Å². The summed E-state index contributed by atoms with van der Waals surface area (Å²) in [5.41, 5.74) is 0. The van der Waals surface area contributed by atoms with Gasteiger partial charge >= 0.3 is 12.0 Å². The van der Waals surface area contributed by atoms with Crippen LogP contribution in [0.3, 0.4) is 0 Å². The predicted octanol–water partition coefficient (Wildman–Crippen LogP) is 1.73. The first-order valence-electron chi connectivity index (χ1n) is 6.92. The Kier molecular flexibility index (Phi) is 4.44. The van der Waals surface area contributed by atoms with Gasteiger partial charge < -0.3 is 15.7 Å². The zero-order chi connectivity index (χ0) is 13.0. The highest BCUT2D eigenvalue weighted by molar-refractivity contribution is 5.75. The van der Waals surface area contributed by atoms with Gasteiger partial charge in [0.25, 0.3) is 0 Å². The molecule has 2 rings (SSSR count). The van der Waals surface area contributed by atoms with Gasteiger partial charge in [0.15, 0.2) is 0 Å². The highest BCUT2D eigenvalue weighted by Gasteiger charge is 2.30. The number of aliphatic carboxylic acids is 1. The summed E-state index contributed by atoms with van der Waals surface area (Å²) in [5.74, 6) is -0.233. The number of hydrogen-bond donors (Lipinski definition) is 3. The van der Waals surface area contributed by atoms with E-state index in [1.54, 1.807) is 0 Å². The molecular weight excluding hydrogens is 232 g/mol. The number of hydrogen-bond acceptors (Lipinski definition) is 2. The van der Waals surface area contributed by atoms with Crippen molar-refractivity contribution in [1.29, 1.82) is 0 Å². The quantitative estimate of drug-likeness (QED) is 0.699. The maximum Gasteiger partial charge on any atom is 0.315 e. The molecule has 3 N–H and O–H groups in total. The first-order chi connectivity index (χ1) is 8.65. The molecule has 2 saturated carbocycles. The topological polar surface area (TPSA) is 78.4 Å². The first kappa shape index (κ1) is 13.2. The molecule has 2 amide bonds. The largest absolute Gasteiger partial charge is 0.481 e. The molecule has 0 aromatic heterocycles. The van der Waals surface area contributed by atoms with Gasteiger partial charge in [-0.2, -0.15) is 0 Å². The average molecular weight is 254 g/mol. The Morgan fingerprint density at radius 3 is 2.50 bits per heavy atom. The Morgan fingerprint density at radius 1 is 1.17 bits per heavy atom. The maximum atomic E-state index is 11.6. The van der Waals surface area contributed by atoms with Crippen molar-refractivity contribution in [2.75, 3.05) is 6.54 Å². The Hall–Kier alpha value is -1.26. The SMILES string of the molecule is O=C(NCCC1CCC1)N[C@H]1CC[C@@H](C(=O)O)C1. The first-order valence-corrected chi connectivity index (χ1v) is 6.92. The minimum atomic E-state index is -0.746. The summed E-state index contributed by atoms with van der Waals surface area (Å²) >= 11 is 0. The smallest absolute Gasteiger partial charge is 0.315 e. The van der Waals surface area contributed by atoms with Crippen LogP contribution in [0, 0.1) is 11.8 Å². The molecule has 0 spiro atoms. The normalized spacial score (nSPS) is 27.6. The lowest BCUT2D eigenvalue weighted by atomic mass is 9.83. The highest BCUT2D eigenvalue weighted by Crippen LogP contribution is 2.28. The van der Waals surface area contributed by atoms with Crippen molar-refractivity contribution in [3.63, 3.8) is 0 Å². The Balaban J connectivity index is 1.58. The summed E-state index contributed by atoms with van der Waals surface area (Å²) in [6.45, 7) is 0.728. The predicted molar refractivity (Wildman–Crippen MR) is 67.3 cm³/mol. The summed E-state index contributed by atoms with van der Waals surface area (Å²) in [6.07, 6.45) is 6.99. The second-order valence-corrected chi connectivity index (χ2v) is 5.53. The van der Waals surface area contributed by atoms with E-state index in [9.17, 15) is 9.59 Å². The molecule has 5 heteroatoms. The third-order valence-corrected chi connectivity index (χ3v) is 4.18. The lowest BCUT2D eigenvalue weighted by Gasteiger charge is -2.25. The number of amides is 2. The minimum Gasteiger partial charge on any atom is -0.481 e. The molecule has 0 unspecified atom stereocenters. The van der Waals surface area contributed by atoms with Crippen molar-refractivity contribution < 1.29 is 14.7 Å². The molecule has 2 aliphatic rings. The molecule has 0 bridgehead atoms. The summed E-state index contributed by atoms with van der Waals surface area (Å²) in [4.78, 5) is 22.4. The van der Waals surface area contributed by atoms with E-state index >= 15 is 0 Å². The molecule has 0 saturated heterocycles. The molecule has 0 aromatic rings. The van der Waals surface area contributed by atoms with Gasteiger partial charge in [-0.25, -0.2) is 4.79 Å². The van der Waals surface area contributed by atoms with Crippen molar-refractivity contribution in [2.45, 2.75) is 51.0 Å². The van der Waals surface area contributed by atoms with Crippen LogP contribution in [0.5, 0.6) is 0 Å². The van der Waals surface area contributed by atoms with Crippen molar-refractivity contribution in [1.82, 2.24) is 10.6 Å². The molecule has 0 heterocycles. The van der Waals surface area contributed by atoms with Gasteiger partial charge in [-0.3, -0.25) is 4.79 Å². The molecule has 0 aromatic carbocycles. The van der Waals surface area contributed by atoms with Gasteiger partial charge in [0, 0.05) is 12.6 Å². The van der Waals surface area contributed by atoms with E-state index in [1.807, 2.05) is 0 Å². The highest BCUT2D eigenvalue weighted by atomic mass is 16.4. The van der Waals surface area contributed by atoms with Crippen molar-refractivity contribution >= 4 is 12.0 Å². The van der Waals surface area contributed by atoms with Gasteiger partial charge in [-0.1, -0.05) is 19.3 Å². The van der Waals surface area contributed by atoms with Crippen LogP contribution in [0.2, 0.25) is 0 Å². The fraction of sp³-hybridized carbons (Fsp3) is 0.846. The van der Waals surface area contributed by atoms with Gasteiger partial charge in [-0.05, 0) is 31.6 Å². The fourth-order valence-electron chi connectivity index (χ4n) is 2.74. The summed E-state index contributed by atoms with van der Waals surface area (Å²) in [7, 11) is 0. The van der Waals surface area contributed by atoms with E-state index in [4.69, 9.17) is 5.11 Å². The monoisotopic (exact) mass is 254 g/mol. The molecule has 2 fully saturated rings. The molecule has 5 nitrogen and oxygen atoms in total. The minimum absolute atomic E-state index is 0.0230. The van der Waals surface area contributed by atoms with Crippen LogP contribution in [-0.2, 0) is 4.79 Å². The average Bonchev–Trinajstić information content (AvgIpc) is 2.70. The van der Waals surface area contributed by atoms with Gasteiger partial charge in [-0.15, -0.1) is 0 Å². The number of carbonyl (C=O) groups is 2. The van der Waals surface area contributed by atoms with Gasteiger partial charge in [0.05, 0.1) is 5.92 Å². The van der Waals surface area contributed by atoms with Crippen LogP contribution in [0.4, 0.5) is 4.79 Å². The Bertz CT molecular complexity index is 315. The van der Waals surface area contributed by atoms with Crippen LogP contribution in [0.1, 0.15) is 44.9 Å². The fourth-order valence-corrected chi connectivity index (χ4v) is 2.74. The maximum absolute atomic E-state index is 11.6. The standard InChI is InChI=1S/C13H22N2O3/c16-12(17)10-4-5-11(8-10)15-13(18)14-7-6-9-2-1-3-9/h9-11H,1-8H2,(H,16,17)(H2,14,15,18)/t10-,11+/m1/s1. The third-order valence-electron chi connectivity index (χ3n) is 4.18. The second-order valence-electron chi connectivity index (χ2n) is 5.53. The summed E-state index contributed by atoms with van der Waals surface area (Å²) in [5, 5.41) is 14.6. The molecule has 0 aliphatic heterocycles. The molecule has 18 heavy (non-hydrogen) atoms. The molecule has 102 valence electrons. The molecule has 2 aliphatic carbocycles. The van der Waals surface area contributed by atoms with Crippen LogP contribution < -0.4 is 10.6 Å². The lowest BCUT2D eigenvalue weighted by Crippen LogP contribution is -2.42. The number of carbonyl (C=O) groups excluding carboxylic acids is 1. The van der Waals surface area contributed by atoms with E-state index in [2.05, 4.69) is 10.6 Å². The van der Waals surface area contributed by atoms with E-state index in [0.717, 1.165) is 25.3 Å². The van der Waals surface area contributed by atoms with Crippen LogP contribution in [0.15, 0.2) is 0 Å². The van der Waals surface area contributed by atoms with Gasteiger partial charge in [0.2, 0.25) is 0 Å². The van der Waals surface area contributed by atoms with Gasteiger partial charge in [0.1, 0.15) is 0 Å². The Morgan fingerprint density at radius 2 is 1.94 bits per heavy atom. The second kappa shape index (κ2) is 6.07.